The molecule has 3 amide bonds. The fraction of sp³-hybridized carbons (Fsp3) is 0.304. The van der Waals surface area contributed by atoms with E-state index >= 15 is 0 Å². The first-order valence-corrected chi connectivity index (χ1v) is 10.3. The average Bonchev–Trinajstić information content (AvgIpc) is 2.78. The fourth-order valence-corrected chi connectivity index (χ4v) is 2.50. The average molecular weight is 441 g/mol. The molecule has 0 saturated carbocycles. The Bertz CT molecular complexity index is 957. The van der Waals surface area contributed by atoms with Crippen LogP contribution in [0.3, 0.4) is 0 Å². The van der Waals surface area contributed by atoms with Gasteiger partial charge in [-0.25, -0.2) is 5.43 Å². The van der Waals surface area contributed by atoms with Gasteiger partial charge in [0.25, 0.3) is 5.91 Å². The van der Waals surface area contributed by atoms with Crippen LogP contribution < -0.4 is 25.5 Å². The molecule has 0 aliphatic rings. The van der Waals surface area contributed by atoms with Gasteiger partial charge in [-0.05, 0) is 56.2 Å². The molecular formula is C23H28N4O5. The van der Waals surface area contributed by atoms with Gasteiger partial charge < -0.3 is 20.1 Å². The van der Waals surface area contributed by atoms with Gasteiger partial charge in [-0.15, -0.1) is 0 Å². The molecule has 3 N–H and O–H groups in total. The van der Waals surface area contributed by atoms with Gasteiger partial charge in [0.05, 0.1) is 12.8 Å². The van der Waals surface area contributed by atoms with E-state index in [1.165, 1.54) is 6.21 Å². The van der Waals surface area contributed by atoms with Crippen LogP contribution in [0.2, 0.25) is 0 Å². The van der Waals surface area contributed by atoms with Crippen molar-refractivity contribution in [3.63, 3.8) is 0 Å². The Balaban J connectivity index is 1.94. The predicted molar refractivity (Wildman–Crippen MR) is 122 cm³/mol. The number of nitrogens with one attached hydrogen (secondary N) is 3. The van der Waals surface area contributed by atoms with Crippen molar-refractivity contribution in [2.75, 3.05) is 25.1 Å². The van der Waals surface area contributed by atoms with Crippen molar-refractivity contribution in [1.29, 1.82) is 0 Å². The number of carbonyl (C=O) groups is 3. The molecule has 0 aliphatic carbocycles. The molecule has 2 aromatic rings. The largest absolute Gasteiger partial charge is 0.490 e. The maximum atomic E-state index is 12.2. The van der Waals surface area contributed by atoms with E-state index in [4.69, 9.17) is 9.47 Å². The summed E-state index contributed by atoms with van der Waals surface area (Å²) in [6, 6.07) is 12.4. The summed E-state index contributed by atoms with van der Waals surface area (Å²) in [4.78, 5) is 35.3. The van der Waals surface area contributed by atoms with E-state index in [1.54, 1.807) is 18.2 Å². The lowest BCUT2D eigenvalue weighted by molar-refractivity contribution is -0.139. The lowest BCUT2D eigenvalue weighted by Crippen LogP contribution is -2.38. The highest BCUT2D eigenvalue weighted by atomic mass is 16.5. The van der Waals surface area contributed by atoms with Crippen molar-refractivity contribution < 1.29 is 23.9 Å². The first-order chi connectivity index (χ1) is 15.4. The lowest BCUT2D eigenvalue weighted by atomic mass is 10.2. The number of amides is 3. The van der Waals surface area contributed by atoms with E-state index in [0.29, 0.717) is 35.9 Å². The van der Waals surface area contributed by atoms with Crippen molar-refractivity contribution >= 4 is 29.6 Å². The Morgan fingerprint density at radius 3 is 2.41 bits per heavy atom. The highest BCUT2D eigenvalue weighted by molar-refractivity contribution is 6.35. The van der Waals surface area contributed by atoms with Crippen molar-refractivity contribution in [2.24, 2.45) is 5.10 Å². The van der Waals surface area contributed by atoms with Gasteiger partial charge in [-0.3, -0.25) is 14.4 Å². The van der Waals surface area contributed by atoms with Gasteiger partial charge in [0.2, 0.25) is 0 Å². The number of ether oxygens (including phenoxy) is 2. The summed E-state index contributed by atoms with van der Waals surface area (Å²) in [5.41, 5.74) is 4.56. The number of rotatable bonds is 10. The van der Waals surface area contributed by atoms with Crippen LogP contribution in [0.15, 0.2) is 47.6 Å². The van der Waals surface area contributed by atoms with E-state index in [9.17, 15) is 14.4 Å². The topological polar surface area (TPSA) is 118 Å². The number of nitrogens with zero attached hydrogens (tertiary/aromatic N) is 1. The molecule has 0 radical (unpaired) electrons. The molecule has 0 aromatic heterocycles. The SMILES string of the molecule is CCCNC(=O)C(=O)N/N=C\c1ccc(OCC(=O)Nc2ccc(C)cc2)c(OCC)c1. The number of benzene rings is 2. The highest BCUT2D eigenvalue weighted by Gasteiger charge is 2.12. The van der Waals surface area contributed by atoms with Crippen molar-refractivity contribution in [3.8, 4) is 11.5 Å². The minimum absolute atomic E-state index is 0.190. The quantitative estimate of drug-likeness (QED) is 0.298. The zero-order chi connectivity index (χ0) is 23.3. The van der Waals surface area contributed by atoms with Crippen molar-refractivity contribution in [2.45, 2.75) is 27.2 Å². The third kappa shape index (κ3) is 8.10. The van der Waals surface area contributed by atoms with Crippen LogP contribution >= 0.6 is 0 Å². The van der Waals surface area contributed by atoms with Crippen molar-refractivity contribution in [3.05, 3.63) is 53.6 Å². The van der Waals surface area contributed by atoms with Crippen LogP contribution in [0.1, 0.15) is 31.4 Å². The standard InChI is InChI=1S/C23H28N4O5/c1-4-12-24-22(29)23(30)27-25-14-17-8-11-19(20(13-17)31-5-2)32-15-21(28)26-18-9-6-16(3)7-10-18/h6-11,13-14H,4-5,12,15H2,1-3H3,(H,24,29)(H,26,28)(H,27,30)/b25-14-. The number of carbonyl (C=O) groups excluding carboxylic acids is 3. The van der Waals surface area contributed by atoms with Crippen molar-refractivity contribution in [1.82, 2.24) is 10.7 Å². The van der Waals surface area contributed by atoms with Crippen LogP contribution in [0.25, 0.3) is 0 Å². The third-order valence-corrected chi connectivity index (χ3v) is 4.08. The first-order valence-electron chi connectivity index (χ1n) is 10.3. The molecule has 0 fully saturated rings. The van der Waals surface area contributed by atoms with E-state index in [1.807, 2.05) is 45.0 Å². The Morgan fingerprint density at radius 1 is 0.969 bits per heavy atom. The Hall–Kier alpha value is -3.88. The minimum atomic E-state index is -0.848. The maximum absolute atomic E-state index is 12.2. The molecule has 0 unspecified atom stereocenters. The summed E-state index contributed by atoms with van der Waals surface area (Å²) in [5.74, 6) is -1.07. The van der Waals surface area contributed by atoms with Crippen LogP contribution in [-0.4, -0.2) is 43.7 Å². The monoisotopic (exact) mass is 440 g/mol. The van der Waals surface area contributed by atoms with Gasteiger partial charge >= 0.3 is 11.8 Å². The zero-order valence-corrected chi connectivity index (χ0v) is 18.4. The Morgan fingerprint density at radius 2 is 1.72 bits per heavy atom. The van der Waals surface area contributed by atoms with E-state index in [-0.39, 0.29) is 12.5 Å². The molecule has 170 valence electrons. The molecule has 0 atom stereocenters. The molecule has 0 aliphatic heterocycles. The Kier molecular flexibility index (Phi) is 9.70. The molecule has 0 spiro atoms. The summed E-state index contributed by atoms with van der Waals surface area (Å²) in [5, 5.41) is 9.01. The molecule has 9 heteroatoms. The Labute approximate surface area is 187 Å². The normalized spacial score (nSPS) is 10.5. The van der Waals surface area contributed by atoms with E-state index in [0.717, 1.165) is 12.0 Å². The zero-order valence-electron chi connectivity index (χ0n) is 18.4. The second kappa shape index (κ2) is 12.7. The van der Waals surface area contributed by atoms with E-state index in [2.05, 4.69) is 21.2 Å². The summed E-state index contributed by atoms with van der Waals surface area (Å²) in [6.07, 6.45) is 2.10. The number of hydrogen-bond acceptors (Lipinski definition) is 6. The fourth-order valence-electron chi connectivity index (χ4n) is 2.50. The number of anilines is 1. The van der Waals surface area contributed by atoms with E-state index < -0.39 is 11.8 Å². The summed E-state index contributed by atoms with van der Waals surface area (Å²) < 4.78 is 11.2. The van der Waals surface area contributed by atoms with Crippen LogP contribution in [0.5, 0.6) is 11.5 Å². The summed E-state index contributed by atoms with van der Waals surface area (Å²) >= 11 is 0. The molecular weight excluding hydrogens is 412 g/mol. The molecule has 0 saturated heterocycles. The molecule has 32 heavy (non-hydrogen) atoms. The second-order valence-corrected chi connectivity index (χ2v) is 6.80. The minimum Gasteiger partial charge on any atom is -0.490 e. The third-order valence-electron chi connectivity index (χ3n) is 4.08. The number of hydrogen-bond donors (Lipinski definition) is 3. The molecule has 0 heterocycles. The molecule has 0 bridgehead atoms. The first kappa shape index (κ1) is 24.4. The summed E-state index contributed by atoms with van der Waals surface area (Å²) in [7, 11) is 0. The van der Waals surface area contributed by atoms with Gasteiger partial charge in [0.1, 0.15) is 0 Å². The van der Waals surface area contributed by atoms with Gasteiger partial charge in [0.15, 0.2) is 18.1 Å². The smallest absolute Gasteiger partial charge is 0.329 e. The second-order valence-electron chi connectivity index (χ2n) is 6.80. The number of hydrazone groups is 1. The predicted octanol–water partition coefficient (Wildman–Crippen LogP) is 2.39. The molecule has 9 nitrogen and oxygen atoms in total. The van der Waals surface area contributed by atoms with Gasteiger partial charge in [-0.1, -0.05) is 24.6 Å². The van der Waals surface area contributed by atoms with Gasteiger partial charge in [0, 0.05) is 12.2 Å². The highest BCUT2D eigenvalue weighted by Crippen LogP contribution is 2.28. The maximum Gasteiger partial charge on any atom is 0.329 e. The van der Waals surface area contributed by atoms with Crippen LogP contribution in [0, 0.1) is 6.92 Å². The number of aryl methyl sites for hydroxylation is 1. The summed E-state index contributed by atoms with van der Waals surface area (Å²) in [6.45, 7) is 6.29. The van der Waals surface area contributed by atoms with Crippen LogP contribution in [0.4, 0.5) is 5.69 Å². The van der Waals surface area contributed by atoms with Crippen LogP contribution in [-0.2, 0) is 14.4 Å². The lowest BCUT2D eigenvalue weighted by Gasteiger charge is -2.12. The van der Waals surface area contributed by atoms with Gasteiger partial charge in [-0.2, -0.15) is 5.10 Å². The molecule has 2 aromatic carbocycles. The molecule has 2 rings (SSSR count).